The Balaban J connectivity index is 1.19. The van der Waals surface area contributed by atoms with Crippen LogP contribution in [-0.2, 0) is 14.1 Å². The molecule has 2 N–H and O–H groups in total. The first kappa shape index (κ1) is 24.3. The summed E-state index contributed by atoms with van der Waals surface area (Å²) in [6.45, 7) is 5.08. The standard InChI is InChI=1S/C31H40N6/c1-30-17-15-23(32-34-28-9-5-7-19-36(28)3)21-22(30)11-12-24-25-13-14-27(31(25,2)18-16-26(24)30)33-35-29-10-6-8-20-37(29)4/h5-10,19-21,24-26H,11-18H2,1-4H3/p+2/b32-23+,33-27+/t24-,25-,26-,30-,31-/m0/s1. The molecule has 6 nitrogen and oxygen atoms in total. The Morgan fingerprint density at radius 3 is 2.14 bits per heavy atom. The minimum Gasteiger partial charge on any atom is -0.235 e. The first-order valence-corrected chi connectivity index (χ1v) is 14.1. The van der Waals surface area contributed by atoms with E-state index < -0.39 is 0 Å². The van der Waals surface area contributed by atoms with Gasteiger partial charge in [-0.05, 0) is 92.7 Å². The molecule has 3 fully saturated rings. The monoisotopic (exact) mass is 498 g/mol. The van der Waals surface area contributed by atoms with Gasteiger partial charge in [-0.1, -0.05) is 41.8 Å². The molecule has 0 amide bonds. The summed E-state index contributed by atoms with van der Waals surface area (Å²) >= 11 is 0. The van der Waals surface area contributed by atoms with E-state index in [2.05, 4.69) is 77.4 Å². The maximum absolute atomic E-state index is 5.02. The van der Waals surface area contributed by atoms with Crippen LogP contribution in [0.2, 0.25) is 0 Å². The van der Waals surface area contributed by atoms with Crippen LogP contribution in [0.25, 0.3) is 0 Å². The number of anilines is 2. The van der Waals surface area contributed by atoms with Crippen molar-refractivity contribution < 1.29 is 9.13 Å². The number of fused-ring (bicyclic) bond motifs is 5. The van der Waals surface area contributed by atoms with Crippen LogP contribution in [0.15, 0.2) is 70.6 Å². The van der Waals surface area contributed by atoms with E-state index in [1.807, 2.05) is 25.4 Å². The summed E-state index contributed by atoms with van der Waals surface area (Å²) in [5.74, 6) is 4.41. The molecule has 0 aromatic carbocycles. The molecule has 0 spiro atoms. The second-order valence-corrected chi connectivity index (χ2v) is 12.3. The van der Waals surface area contributed by atoms with Gasteiger partial charge in [0.1, 0.15) is 0 Å². The van der Waals surface area contributed by atoms with Gasteiger partial charge < -0.3 is 0 Å². The minimum absolute atomic E-state index is 0.232. The number of aryl methyl sites for hydroxylation is 2. The van der Waals surface area contributed by atoms with Crippen LogP contribution in [0.3, 0.4) is 0 Å². The van der Waals surface area contributed by atoms with Gasteiger partial charge in [0.25, 0.3) is 11.6 Å². The van der Waals surface area contributed by atoms with Crippen molar-refractivity contribution in [1.82, 2.24) is 0 Å². The van der Waals surface area contributed by atoms with Crippen LogP contribution in [0, 0.1) is 28.6 Å². The number of hydrogen-bond acceptors (Lipinski definition) is 4. The van der Waals surface area contributed by atoms with E-state index in [9.17, 15) is 0 Å². The van der Waals surface area contributed by atoms with Crippen LogP contribution < -0.4 is 20.0 Å². The van der Waals surface area contributed by atoms with Crippen molar-refractivity contribution in [3.05, 3.63) is 60.4 Å². The summed E-state index contributed by atoms with van der Waals surface area (Å²) in [5, 5.41) is 9.83. The molecule has 2 aromatic rings. The van der Waals surface area contributed by atoms with Crippen LogP contribution in [0.5, 0.6) is 0 Å². The van der Waals surface area contributed by atoms with Gasteiger partial charge >= 0.3 is 0 Å². The number of hydrogen-bond donors (Lipinski definition) is 2. The molecule has 6 rings (SSSR count). The Hall–Kier alpha value is -3.02. The fourth-order valence-electron chi connectivity index (χ4n) is 8.16. The molecular weight excluding hydrogens is 456 g/mol. The lowest BCUT2D eigenvalue weighted by Gasteiger charge is -2.57. The summed E-state index contributed by atoms with van der Waals surface area (Å²) in [6, 6.07) is 12.4. The number of nitrogens with one attached hydrogen (secondary N) is 2. The Bertz CT molecular complexity index is 1280. The summed E-state index contributed by atoms with van der Waals surface area (Å²) in [7, 11) is 4.12. The van der Waals surface area contributed by atoms with Gasteiger partial charge in [0.05, 0.1) is 37.9 Å². The largest absolute Gasteiger partial charge is 0.299 e. The van der Waals surface area contributed by atoms with Gasteiger partial charge in [-0.2, -0.15) is 0 Å². The predicted molar refractivity (Wildman–Crippen MR) is 149 cm³/mol. The number of aromatic nitrogens is 2. The van der Waals surface area contributed by atoms with Crippen molar-refractivity contribution >= 4 is 23.1 Å². The molecule has 0 radical (unpaired) electrons. The smallest absolute Gasteiger partial charge is 0.235 e. The maximum atomic E-state index is 5.02. The summed E-state index contributed by atoms with van der Waals surface area (Å²) in [4.78, 5) is 0. The maximum Gasteiger partial charge on any atom is 0.299 e. The zero-order chi connectivity index (χ0) is 25.6. The molecule has 2 heterocycles. The average molecular weight is 499 g/mol. The molecule has 0 unspecified atom stereocenters. The number of rotatable bonds is 4. The molecule has 4 aliphatic rings. The highest BCUT2D eigenvalue weighted by atomic mass is 15.3. The first-order chi connectivity index (χ1) is 17.9. The van der Waals surface area contributed by atoms with Gasteiger partial charge in [-0.25, -0.2) is 9.13 Å². The van der Waals surface area contributed by atoms with E-state index in [-0.39, 0.29) is 5.41 Å². The zero-order valence-corrected chi connectivity index (χ0v) is 22.9. The molecule has 0 saturated heterocycles. The zero-order valence-electron chi connectivity index (χ0n) is 22.9. The lowest BCUT2D eigenvalue weighted by atomic mass is 9.47. The molecule has 4 aliphatic carbocycles. The Morgan fingerprint density at radius 2 is 1.43 bits per heavy atom. The number of hydrazone groups is 2. The van der Waals surface area contributed by atoms with Crippen molar-refractivity contribution in [2.45, 2.75) is 65.2 Å². The van der Waals surface area contributed by atoms with Crippen molar-refractivity contribution in [3.8, 4) is 0 Å². The third-order valence-corrected chi connectivity index (χ3v) is 10.4. The molecule has 0 bridgehead atoms. The molecule has 194 valence electrons. The highest BCUT2D eigenvalue weighted by molar-refractivity contribution is 5.97. The fourth-order valence-corrected chi connectivity index (χ4v) is 8.16. The molecule has 37 heavy (non-hydrogen) atoms. The first-order valence-electron chi connectivity index (χ1n) is 14.1. The normalized spacial score (nSPS) is 34.9. The third-order valence-electron chi connectivity index (χ3n) is 10.4. The van der Waals surface area contributed by atoms with Gasteiger partial charge in [0.2, 0.25) is 0 Å². The lowest BCUT2D eigenvalue weighted by Crippen LogP contribution is -2.50. The predicted octanol–water partition coefficient (Wildman–Crippen LogP) is 5.53. The van der Waals surface area contributed by atoms with Crippen LogP contribution in [0.1, 0.15) is 65.2 Å². The molecular formula is C31H42N6+2. The Morgan fingerprint density at radius 1 is 0.757 bits per heavy atom. The van der Waals surface area contributed by atoms with E-state index in [1.165, 1.54) is 49.9 Å². The second-order valence-electron chi connectivity index (χ2n) is 12.3. The van der Waals surface area contributed by atoms with Crippen LogP contribution in [0.4, 0.5) is 11.6 Å². The lowest BCUT2D eigenvalue weighted by molar-refractivity contribution is -0.657. The minimum atomic E-state index is 0.232. The fraction of sp³-hybridized carbons (Fsp3) is 0.548. The molecule has 2 aromatic heterocycles. The van der Waals surface area contributed by atoms with Gasteiger partial charge in [-0.3, -0.25) is 0 Å². The number of pyridine rings is 2. The molecule has 5 atom stereocenters. The van der Waals surface area contributed by atoms with Gasteiger partial charge in [0.15, 0.2) is 0 Å². The molecule has 0 aliphatic heterocycles. The quantitative estimate of drug-likeness (QED) is 0.430. The van der Waals surface area contributed by atoms with Crippen molar-refractivity contribution in [2.75, 3.05) is 10.9 Å². The highest BCUT2D eigenvalue weighted by Crippen LogP contribution is 2.64. The Kier molecular flexibility index (Phi) is 6.16. The topological polar surface area (TPSA) is 56.5 Å². The van der Waals surface area contributed by atoms with Crippen LogP contribution >= 0.6 is 0 Å². The van der Waals surface area contributed by atoms with Crippen molar-refractivity contribution in [1.29, 1.82) is 0 Å². The molecule has 3 saturated carbocycles. The van der Waals surface area contributed by atoms with E-state index in [4.69, 9.17) is 10.2 Å². The summed E-state index contributed by atoms with van der Waals surface area (Å²) in [5.41, 5.74) is 11.5. The average Bonchev–Trinajstić information content (AvgIpc) is 3.24. The van der Waals surface area contributed by atoms with E-state index in [0.29, 0.717) is 5.41 Å². The van der Waals surface area contributed by atoms with Crippen molar-refractivity contribution in [3.63, 3.8) is 0 Å². The van der Waals surface area contributed by atoms with E-state index in [0.717, 1.165) is 42.2 Å². The van der Waals surface area contributed by atoms with Crippen molar-refractivity contribution in [2.24, 2.45) is 52.9 Å². The van der Waals surface area contributed by atoms with Gasteiger partial charge in [0, 0.05) is 17.5 Å². The SMILES string of the molecule is C[n+]1ccccc1N/N=C1/C=C2CC[C@@H]3[C@H](CC[C@]4(C)/C(=N/Nc5cccc[n+]5C)CC[C@@H]34)[C@@]2(C)CC1. The van der Waals surface area contributed by atoms with Crippen LogP contribution in [-0.4, -0.2) is 11.4 Å². The Labute approximate surface area is 221 Å². The van der Waals surface area contributed by atoms with Gasteiger partial charge in [-0.15, -0.1) is 10.9 Å². The molecule has 6 heteroatoms. The summed E-state index contributed by atoms with van der Waals surface area (Å²) < 4.78 is 4.17. The van der Waals surface area contributed by atoms with E-state index in [1.54, 1.807) is 5.57 Å². The van der Waals surface area contributed by atoms with E-state index >= 15 is 0 Å². The second kappa shape index (κ2) is 9.38. The third kappa shape index (κ3) is 4.18. The summed E-state index contributed by atoms with van der Waals surface area (Å²) in [6.07, 6.45) is 16.4. The highest BCUT2D eigenvalue weighted by Gasteiger charge is 2.58. The number of allylic oxidation sites excluding steroid dienone is 2. The number of nitrogens with zero attached hydrogens (tertiary/aromatic N) is 4.